The van der Waals surface area contributed by atoms with Crippen molar-refractivity contribution in [2.24, 2.45) is 5.92 Å². The highest BCUT2D eigenvalue weighted by Gasteiger charge is 2.36. The van der Waals surface area contributed by atoms with Gasteiger partial charge in [-0.25, -0.2) is 0 Å². The summed E-state index contributed by atoms with van der Waals surface area (Å²) in [5, 5.41) is 2.95. The van der Waals surface area contributed by atoms with Gasteiger partial charge >= 0.3 is 0 Å². The molecule has 0 saturated carbocycles. The van der Waals surface area contributed by atoms with E-state index in [-0.39, 0.29) is 24.2 Å². The third-order valence-electron chi connectivity index (χ3n) is 4.97. The summed E-state index contributed by atoms with van der Waals surface area (Å²) >= 11 is 0. The van der Waals surface area contributed by atoms with Crippen LogP contribution in [0.4, 0.5) is 5.69 Å². The van der Waals surface area contributed by atoms with Crippen molar-refractivity contribution >= 4 is 17.5 Å². The van der Waals surface area contributed by atoms with Crippen LogP contribution in [-0.4, -0.2) is 39.1 Å². The lowest BCUT2D eigenvalue weighted by Gasteiger charge is -2.20. The molecule has 0 bridgehead atoms. The fourth-order valence-corrected chi connectivity index (χ4v) is 3.43. The van der Waals surface area contributed by atoms with Gasteiger partial charge in [-0.05, 0) is 48.7 Å². The second-order valence-electron chi connectivity index (χ2n) is 6.97. The highest BCUT2D eigenvalue weighted by atomic mass is 16.5. The van der Waals surface area contributed by atoms with Crippen LogP contribution in [0.15, 0.2) is 42.5 Å². The minimum atomic E-state index is -0.358. The average molecular weight is 382 g/mol. The molecule has 1 unspecified atom stereocenters. The Kier molecular flexibility index (Phi) is 6.19. The molecule has 1 aliphatic rings. The molecule has 0 spiro atoms. The fraction of sp³-hybridized carbons (Fsp3) is 0.364. The lowest BCUT2D eigenvalue weighted by molar-refractivity contribution is -0.126. The third kappa shape index (κ3) is 4.44. The molecule has 148 valence electrons. The molecule has 0 radical (unpaired) electrons. The number of anilines is 1. The Labute approximate surface area is 165 Å². The van der Waals surface area contributed by atoms with Crippen molar-refractivity contribution in [3.8, 4) is 11.5 Å². The van der Waals surface area contributed by atoms with E-state index in [4.69, 9.17) is 9.47 Å². The van der Waals surface area contributed by atoms with E-state index in [0.717, 1.165) is 22.6 Å². The number of hydrogen-bond acceptors (Lipinski definition) is 4. The Balaban J connectivity index is 1.58. The molecule has 6 nitrogen and oxygen atoms in total. The van der Waals surface area contributed by atoms with E-state index < -0.39 is 0 Å². The molecule has 1 heterocycles. The maximum Gasteiger partial charge on any atom is 0.227 e. The van der Waals surface area contributed by atoms with Gasteiger partial charge in [0.1, 0.15) is 11.5 Å². The van der Waals surface area contributed by atoms with Crippen LogP contribution in [0, 0.1) is 12.8 Å². The van der Waals surface area contributed by atoms with Gasteiger partial charge in [-0.15, -0.1) is 0 Å². The van der Waals surface area contributed by atoms with Gasteiger partial charge in [-0.2, -0.15) is 0 Å². The van der Waals surface area contributed by atoms with Crippen molar-refractivity contribution in [2.45, 2.75) is 19.8 Å². The molecule has 2 amide bonds. The molecule has 6 heteroatoms. The van der Waals surface area contributed by atoms with E-state index >= 15 is 0 Å². The Morgan fingerprint density at radius 1 is 1.18 bits per heavy atom. The number of rotatable bonds is 7. The second kappa shape index (κ2) is 8.78. The van der Waals surface area contributed by atoms with Gasteiger partial charge in [0.2, 0.25) is 11.8 Å². The summed E-state index contributed by atoms with van der Waals surface area (Å²) < 4.78 is 10.6. The predicted molar refractivity (Wildman–Crippen MR) is 108 cm³/mol. The minimum Gasteiger partial charge on any atom is -0.497 e. The molecule has 1 atom stereocenters. The topological polar surface area (TPSA) is 67.9 Å². The van der Waals surface area contributed by atoms with Crippen LogP contribution in [0.3, 0.4) is 0 Å². The summed E-state index contributed by atoms with van der Waals surface area (Å²) in [7, 11) is 3.21. The molecule has 28 heavy (non-hydrogen) atoms. The van der Waals surface area contributed by atoms with Crippen LogP contribution in [0.2, 0.25) is 0 Å². The number of ether oxygens (including phenoxy) is 2. The Morgan fingerprint density at radius 3 is 2.75 bits per heavy atom. The summed E-state index contributed by atoms with van der Waals surface area (Å²) in [5.74, 6) is 0.927. The smallest absolute Gasteiger partial charge is 0.227 e. The number of amides is 2. The van der Waals surface area contributed by atoms with Crippen molar-refractivity contribution in [1.29, 1.82) is 0 Å². The van der Waals surface area contributed by atoms with Crippen LogP contribution < -0.4 is 19.7 Å². The van der Waals surface area contributed by atoms with Gasteiger partial charge in [0.25, 0.3) is 0 Å². The van der Waals surface area contributed by atoms with E-state index in [0.29, 0.717) is 25.3 Å². The first-order chi connectivity index (χ1) is 13.5. The first kappa shape index (κ1) is 19.7. The summed E-state index contributed by atoms with van der Waals surface area (Å²) in [6, 6.07) is 13.5. The number of aryl methyl sites for hydroxylation is 1. The maximum atomic E-state index is 12.6. The summed E-state index contributed by atoms with van der Waals surface area (Å²) in [6.07, 6.45) is 0.918. The van der Waals surface area contributed by atoms with Gasteiger partial charge < -0.3 is 19.7 Å². The molecule has 2 aromatic carbocycles. The zero-order chi connectivity index (χ0) is 20.1. The van der Waals surface area contributed by atoms with Crippen molar-refractivity contribution in [2.75, 3.05) is 32.2 Å². The molecule has 1 N–H and O–H groups in total. The zero-order valence-corrected chi connectivity index (χ0v) is 16.5. The lowest BCUT2D eigenvalue weighted by atomic mass is 10.1. The number of nitrogens with zero attached hydrogens (tertiary/aromatic N) is 1. The molecule has 2 aromatic rings. The number of benzene rings is 2. The number of methoxy groups -OCH3 is 2. The van der Waals surface area contributed by atoms with E-state index in [9.17, 15) is 9.59 Å². The SMILES string of the molecule is COc1cccc(CCNC(=O)C2CC(=O)N(c3cc(C)ccc3OC)C2)c1. The van der Waals surface area contributed by atoms with E-state index in [1.165, 1.54) is 0 Å². The summed E-state index contributed by atoms with van der Waals surface area (Å²) in [4.78, 5) is 26.7. The van der Waals surface area contributed by atoms with E-state index in [1.807, 2.05) is 49.4 Å². The summed E-state index contributed by atoms with van der Waals surface area (Å²) in [5.41, 5.74) is 2.85. The third-order valence-corrected chi connectivity index (χ3v) is 4.97. The van der Waals surface area contributed by atoms with Gasteiger partial charge in [-0.3, -0.25) is 9.59 Å². The van der Waals surface area contributed by atoms with E-state index in [2.05, 4.69) is 5.32 Å². The maximum absolute atomic E-state index is 12.6. The second-order valence-corrected chi connectivity index (χ2v) is 6.97. The molecule has 1 fully saturated rings. The van der Waals surface area contributed by atoms with Crippen molar-refractivity contribution in [3.05, 3.63) is 53.6 Å². The van der Waals surface area contributed by atoms with E-state index in [1.54, 1.807) is 19.1 Å². The molecular weight excluding hydrogens is 356 g/mol. The van der Waals surface area contributed by atoms with Crippen LogP contribution in [0.25, 0.3) is 0 Å². The molecule has 1 saturated heterocycles. The standard InChI is InChI=1S/C22H26N2O4/c1-15-7-8-20(28-3)19(11-15)24-14-17(13-21(24)25)22(26)23-10-9-16-5-4-6-18(12-16)27-2/h4-8,11-12,17H,9-10,13-14H2,1-3H3,(H,23,26). The number of nitrogens with one attached hydrogen (secondary N) is 1. The average Bonchev–Trinajstić information content (AvgIpc) is 3.09. The van der Waals surface area contributed by atoms with Gasteiger partial charge in [0, 0.05) is 19.5 Å². The molecular formula is C22H26N2O4. The van der Waals surface area contributed by atoms with Crippen molar-refractivity contribution in [1.82, 2.24) is 5.32 Å². The number of carbonyl (C=O) groups is 2. The van der Waals surface area contributed by atoms with Crippen LogP contribution in [-0.2, 0) is 16.0 Å². The van der Waals surface area contributed by atoms with Crippen LogP contribution >= 0.6 is 0 Å². The Morgan fingerprint density at radius 2 is 2.00 bits per heavy atom. The summed E-state index contributed by atoms with van der Waals surface area (Å²) in [6.45, 7) is 2.85. The quantitative estimate of drug-likeness (QED) is 0.800. The highest BCUT2D eigenvalue weighted by molar-refractivity contribution is 6.01. The van der Waals surface area contributed by atoms with Crippen LogP contribution in [0.5, 0.6) is 11.5 Å². The molecule has 1 aliphatic heterocycles. The van der Waals surface area contributed by atoms with Crippen molar-refractivity contribution < 1.29 is 19.1 Å². The normalized spacial score (nSPS) is 16.2. The predicted octanol–water partition coefficient (Wildman–Crippen LogP) is 2.72. The largest absolute Gasteiger partial charge is 0.497 e. The number of hydrogen-bond donors (Lipinski definition) is 1. The monoisotopic (exact) mass is 382 g/mol. The minimum absolute atomic E-state index is 0.0585. The zero-order valence-electron chi connectivity index (χ0n) is 16.5. The molecule has 0 aliphatic carbocycles. The van der Waals surface area contributed by atoms with Gasteiger partial charge in [0.15, 0.2) is 0 Å². The first-order valence-electron chi connectivity index (χ1n) is 9.37. The van der Waals surface area contributed by atoms with Crippen molar-refractivity contribution in [3.63, 3.8) is 0 Å². The number of carbonyl (C=O) groups excluding carboxylic acids is 2. The first-order valence-corrected chi connectivity index (χ1v) is 9.37. The molecule has 3 rings (SSSR count). The Bertz CT molecular complexity index is 865. The Hall–Kier alpha value is -3.02. The van der Waals surface area contributed by atoms with Crippen LogP contribution in [0.1, 0.15) is 17.5 Å². The van der Waals surface area contributed by atoms with Gasteiger partial charge in [0.05, 0.1) is 25.8 Å². The van der Waals surface area contributed by atoms with Gasteiger partial charge in [-0.1, -0.05) is 18.2 Å². The highest BCUT2D eigenvalue weighted by Crippen LogP contribution is 2.33. The molecule has 0 aromatic heterocycles. The lowest BCUT2D eigenvalue weighted by Crippen LogP contribution is -2.34. The fourth-order valence-electron chi connectivity index (χ4n) is 3.43.